The zero-order valence-corrected chi connectivity index (χ0v) is 13.3. The Labute approximate surface area is 130 Å². The molecule has 1 aromatic carbocycles. The van der Waals surface area contributed by atoms with Gasteiger partial charge in [0.15, 0.2) is 0 Å². The van der Waals surface area contributed by atoms with Crippen molar-refractivity contribution in [3.8, 4) is 0 Å². The van der Waals surface area contributed by atoms with Gasteiger partial charge < -0.3 is 10.4 Å². The molecule has 114 valence electrons. The Kier molecular flexibility index (Phi) is 5.82. The van der Waals surface area contributed by atoms with Crippen molar-refractivity contribution in [1.82, 2.24) is 5.32 Å². The number of carbonyl (C=O) groups is 1. The molecule has 2 rings (SSSR count). The summed E-state index contributed by atoms with van der Waals surface area (Å²) in [5.41, 5.74) is 1.06. The second-order valence-electron chi connectivity index (χ2n) is 5.50. The third kappa shape index (κ3) is 4.32. The summed E-state index contributed by atoms with van der Waals surface area (Å²) in [6.07, 6.45) is 0.582. The van der Waals surface area contributed by atoms with Gasteiger partial charge >= 0.3 is 0 Å². The lowest BCUT2D eigenvalue weighted by atomic mass is 10.0. The molecule has 1 amide bonds. The molecule has 1 aliphatic heterocycles. The number of rotatable bonds is 6. The van der Waals surface area contributed by atoms with Crippen molar-refractivity contribution in [3.63, 3.8) is 0 Å². The van der Waals surface area contributed by atoms with Crippen LogP contribution in [0.5, 0.6) is 0 Å². The average Bonchev–Trinajstić information content (AvgIpc) is 2.97. The van der Waals surface area contributed by atoms with Gasteiger partial charge in [0.05, 0.1) is 5.04 Å². The predicted molar refractivity (Wildman–Crippen MR) is 87.7 cm³/mol. The number of thioether (sulfide) groups is 1. The Morgan fingerprint density at radius 2 is 2.14 bits per heavy atom. The topological polar surface area (TPSA) is 61.7 Å². The van der Waals surface area contributed by atoms with E-state index in [1.807, 2.05) is 44.2 Å². The molecule has 0 fully saturated rings. The molecule has 21 heavy (non-hydrogen) atoms. The van der Waals surface area contributed by atoms with Gasteiger partial charge in [0.2, 0.25) is 5.91 Å². The number of hydrogen-bond acceptors (Lipinski definition) is 4. The SMILES string of the molecule is CC(C)C(CCO)NC(=O)C1CSC(c2ccccc2)=N1. The number of nitrogens with one attached hydrogen (secondary N) is 1. The molecular formula is C16H22N2O2S. The van der Waals surface area contributed by atoms with E-state index in [9.17, 15) is 4.79 Å². The molecule has 1 aliphatic rings. The van der Waals surface area contributed by atoms with Gasteiger partial charge in [-0.25, -0.2) is 0 Å². The van der Waals surface area contributed by atoms with Gasteiger partial charge in [-0.05, 0) is 12.3 Å². The highest BCUT2D eigenvalue weighted by Crippen LogP contribution is 2.23. The first kappa shape index (κ1) is 16.0. The average molecular weight is 306 g/mol. The summed E-state index contributed by atoms with van der Waals surface area (Å²) in [7, 11) is 0. The van der Waals surface area contributed by atoms with Crippen molar-refractivity contribution in [2.75, 3.05) is 12.4 Å². The van der Waals surface area contributed by atoms with E-state index in [1.54, 1.807) is 11.8 Å². The molecular weight excluding hydrogens is 284 g/mol. The Morgan fingerprint density at radius 1 is 1.43 bits per heavy atom. The van der Waals surface area contributed by atoms with Crippen LogP contribution in [0.4, 0.5) is 0 Å². The lowest BCUT2D eigenvalue weighted by Gasteiger charge is -2.22. The monoisotopic (exact) mass is 306 g/mol. The summed E-state index contributed by atoms with van der Waals surface area (Å²) >= 11 is 1.62. The third-order valence-electron chi connectivity index (χ3n) is 3.55. The molecule has 0 aromatic heterocycles. The van der Waals surface area contributed by atoms with Crippen molar-refractivity contribution in [2.24, 2.45) is 10.9 Å². The minimum Gasteiger partial charge on any atom is -0.396 e. The van der Waals surface area contributed by atoms with E-state index in [4.69, 9.17) is 5.11 Å². The minimum absolute atomic E-state index is 0.00322. The van der Waals surface area contributed by atoms with Crippen LogP contribution in [-0.2, 0) is 4.79 Å². The van der Waals surface area contributed by atoms with Gasteiger partial charge in [-0.2, -0.15) is 0 Å². The Bertz CT molecular complexity index is 502. The molecule has 2 unspecified atom stereocenters. The van der Waals surface area contributed by atoms with Gasteiger partial charge in [-0.15, -0.1) is 11.8 Å². The van der Waals surface area contributed by atoms with Gasteiger partial charge in [-0.3, -0.25) is 9.79 Å². The second kappa shape index (κ2) is 7.61. The summed E-state index contributed by atoms with van der Waals surface area (Å²) in [4.78, 5) is 16.8. The summed E-state index contributed by atoms with van der Waals surface area (Å²) < 4.78 is 0. The minimum atomic E-state index is -0.329. The first-order valence-corrected chi connectivity index (χ1v) is 8.27. The molecule has 2 N–H and O–H groups in total. The second-order valence-corrected chi connectivity index (χ2v) is 6.51. The fourth-order valence-electron chi connectivity index (χ4n) is 2.24. The summed E-state index contributed by atoms with van der Waals surface area (Å²) in [5, 5.41) is 13.0. The van der Waals surface area contributed by atoms with Crippen LogP contribution in [0.1, 0.15) is 25.8 Å². The largest absolute Gasteiger partial charge is 0.396 e. The smallest absolute Gasteiger partial charge is 0.245 e. The molecule has 0 saturated heterocycles. The maximum absolute atomic E-state index is 12.3. The van der Waals surface area contributed by atoms with Crippen LogP contribution in [-0.4, -0.2) is 40.5 Å². The van der Waals surface area contributed by atoms with Gasteiger partial charge in [0, 0.05) is 24.0 Å². The van der Waals surface area contributed by atoms with E-state index in [0.717, 1.165) is 10.6 Å². The molecule has 0 saturated carbocycles. The first-order valence-electron chi connectivity index (χ1n) is 7.29. The van der Waals surface area contributed by atoms with Gasteiger partial charge in [-0.1, -0.05) is 44.2 Å². The van der Waals surface area contributed by atoms with Crippen molar-refractivity contribution in [3.05, 3.63) is 35.9 Å². The number of nitrogens with zero attached hydrogens (tertiary/aromatic N) is 1. The molecule has 0 radical (unpaired) electrons. The molecule has 2 atom stereocenters. The van der Waals surface area contributed by atoms with Crippen molar-refractivity contribution in [1.29, 1.82) is 0 Å². The highest BCUT2D eigenvalue weighted by Gasteiger charge is 2.27. The highest BCUT2D eigenvalue weighted by molar-refractivity contribution is 8.14. The van der Waals surface area contributed by atoms with Crippen LogP contribution < -0.4 is 5.32 Å². The van der Waals surface area contributed by atoms with Crippen LogP contribution in [0.15, 0.2) is 35.3 Å². The van der Waals surface area contributed by atoms with E-state index in [2.05, 4.69) is 10.3 Å². The quantitative estimate of drug-likeness (QED) is 0.846. The molecule has 0 spiro atoms. The Balaban J connectivity index is 1.99. The van der Waals surface area contributed by atoms with E-state index < -0.39 is 0 Å². The molecule has 0 aliphatic carbocycles. The summed E-state index contributed by atoms with van der Waals surface area (Å²) in [5.74, 6) is 0.938. The highest BCUT2D eigenvalue weighted by atomic mass is 32.2. The fraction of sp³-hybridized carbons (Fsp3) is 0.500. The van der Waals surface area contributed by atoms with E-state index in [0.29, 0.717) is 18.1 Å². The molecule has 1 heterocycles. The number of amides is 1. The lowest BCUT2D eigenvalue weighted by Crippen LogP contribution is -2.44. The zero-order valence-electron chi connectivity index (χ0n) is 12.5. The van der Waals surface area contributed by atoms with E-state index >= 15 is 0 Å². The number of aliphatic hydroxyl groups is 1. The Morgan fingerprint density at radius 3 is 2.76 bits per heavy atom. The van der Waals surface area contributed by atoms with Crippen molar-refractivity contribution < 1.29 is 9.90 Å². The van der Waals surface area contributed by atoms with Crippen LogP contribution in [0.25, 0.3) is 0 Å². The number of benzene rings is 1. The first-order chi connectivity index (χ1) is 10.1. The molecule has 5 heteroatoms. The van der Waals surface area contributed by atoms with Gasteiger partial charge in [0.25, 0.3) is 0 Å². The van der Waals surface area contributed by atoms with Crippen LogP contribution in [0, 0.1) is 5.92 Å². The van der Waals surface area contributed by atoms with E-state index in [-0.39, 0.29) is 24.6 Å². The van der Waals surface area contributed by atoms with Crippen LogP contribution in [0.3, 0.4) is 0 Å². The number of hydrogen-bond donors (Lipinski definition) is 2. The van der Waals surface area contributed by atoms with Crippen LogP contribution >= 0.6 is 11.8 Å². The summed E-state index contributed by atoms with van der Waals surface area (Å²) in [6, 6.07) is 9.61. The Hall–Kier alpha value is -1.33. The number of carbonyl (C=O) groups excluding carboxylic acids is 1. The fourth-order valence-corrected chi connectivity index (χ4v) is 3.28. The van der Waals surface area contributed by atoms with Crippen LogP contribution in [0.2, 0.25) is 0 Å². The number of aliphatic imine (C=N–C) groups is 1. The normalized spacial score (nSPS) is 19.4. The van der Waals surface area contributed by atoms with E-state index in [1.165, 1.54) is 0 Å². The van der Waals surface area contributed by atoms with Crippen molar-refractivity contribution >= 4 is 22.7 Å². The third-order valence-corrected chi connectivity index (χ3v) is 4.64. The molecule has 4 nitrogen and oxygen atoms in total. The molecule has 1 aromatic rings. The van der Waals surface area contributed by atoms with Crippen molar-refractivity contribution in [2.45, 2.75) is 32.4 Å². The summed E-state index contributed by atoms with van der Waals surface area (Å²) in [6.45, 7) is 4.17. The maximum atomic E-state index is 12.3. The number of aliphatic hydroxyl groups excluding tert-OH is 1. The lowest BCUT2D eigenvalue weighted by molar-refractivity contribution is -0.122. The van der Waals surface area contributed by atoms with Gasteiger partial charge in [0.1, 0.15) is 6.04 Å². The molecule has 0 bridgehead atoms. The maximum Gasteiger partial charge on any atom is 0.245 e. The standard InChI is InChI=1S/C16H22N2O2S/c1-11(2)13(8-9-19)17-15(20)14-10-21-16(18-14)12-6-4-3-5-7-12/h3-7,11,13-14,19H,8-10H2,1-2H3,(H,17,20). The zero-order chi connectivity index (χ0) is 15.2. The predicted octanol–water partition coefficient (Wildman–Crippen LogP) is 2.07.